The Balaban J connectivity index is 1.85. The summed E-state index contributed by atoms with van der Waals surface area (Å²) in [6.07, 6.45) is 0.928. The van der Waals surface area contributed by atoms with E-state index in [0.717, 1.165) is 18.7 Å². The molecule has 1 spiro atoms. The van der Waals surface area contributed by atoms with E-state index in [0.29, 0.717) is 19.6 Å². The van der Waals surface area contributed by atoms with E-state index >= 15 is 0 Å². The van der Waals surface area contributed by atoms with E-state index in [1.54, 1.807) is 18.3 Å². The molecule has 108 valence electrons. The Kier molecular flexibility index (Phi) is 3.30. The fourth-order valence-electron chi connectivity index (χ4n) is 3.17. The van der Waals surface area contributed by atoms with Crippen LogP contribution in [0.25, 0.3) is 0 Å². The second kappa shape index (κ2) is 4.86. The molecular weight excluding hydrogens is 274 g/mol. The molecule has 1 aromatic rings. The Hall–Kier alpha value is -1.40. The second-order valence-electron chi connectivity index (χ2n) is 5.73. The molecule has 0 aromatic carbocycles. The van der Waals surface area contributed by atoms with Crippen molar-refractivity contribution in [2.24, 2.45) is 0 Å². The summed E-state index contributed by atoms with van der Waals surface area (Å²) in [5.74, 6) is 0.257. The van der Waals surface area contributed by atoms with E-state index in [4.69, 9.17) is 0 Å². The SMILES string of the molecule is CC(=O)N1CCC2(C1)CN(c1ccsc1)C(=O)CN2C. The molecule has 2 aliphatic rings. The molecule has 3 rings (SSSR count). The van der Waals surface area contributed by atoms with Crippen molar-refractivity contribution >= 4 is 28.8 Å². The van der Waals surface area contributed by atoms with E-state index in [1.165, 1.54) is 0 Å². The molecule has 5 nitrogen and oxygen atoms in total. The van der Waals surface area contributed by atoms with Crippen molar-refractivity contribution in [3.63, 3.8) is 0 Å². The highest BCUT2D eigenvalue weighted by Crippen LogP contribution is 2.33. The molecule has 2 saturated heterocycles. The predicted molar refractivity (Wildman–Crippen MR) is 78.9 cm³/mol. The minimum atomic E-state index is -0.0957. The summed E-state index contributed by atoms with van der Waals surface area (Å²) in [4.78, 5) is 29.7. The van der Waals surface area contributed by atoms with Crippen LogP contribution in [0.1, 0.15) is 13.3 Å². The number of anilines is 1. The monoisotopic (exact) mass is 293 g/mol. The number of nitrogens with zero attached hydrogens (tertiary/aromatic N) is 3. The first-order chi connectivity index (χ1) is 9.52. The van der Waals surface area contributed by atoms with E-state index in [9.17, 15) is 9.59 Å². The average molecular weight is 293 g/mol. The van der Waals surface area contributed by atoms with Crippen LogP contribution in [0.15, 0.2) is 16.8 Å². The molecule has 0 bridgehead atoms. The van der Waals surface area contributed by atoms with Crippen LogP contribution in [0.3, 0.4) is 0 Å². The van der Waals surface area contributed by atoms with Crippen molar-refractivity contribution < 1.29 is 9.59 Å². The molecular formula is C14H19N3O2S. The van der Waals surface area contributed by atoms with E-state index in [1.807, 2.05) is 33.7 Å². The Bertz CT molecular complexity index is 531. The first-order valence-corrected chi connectivity index (χ1v) is 7.75. The molecule has 1 unspecified atom stereocenters. The highest BCUT2D eigenvalue weighted by molar-refractivity contribution is 7.08. The van der Waals surface area contributed by atoms with Crippen LogP contribution < -0.4 is 4.90 Å². The summed E-state index contributed by atoms with van der Waals surface area (Å²) in [5, 5.41) is 4.00. The summed E-state index contributed by atoms with van der Waals surface area (Å²) in [7, 11) is 1.99. The van der Waals surface area contributed by atoms with Gasteiger partial charge in [0.15, 0.2) is 0 Å². The summed E-state index contributed by atoms with van der Waals surface area (Å²) < 4.78 is 0. The molecule has 3 heterocycles. The number of carbonyl (C=O) groups excluding carboxylic acids is 2. The van der Waals surface area contributed by atoms with Crippen LogP contribution in [0.4, 0.5) is 5.69 Å². The lowest BCUT2D eigenvalue weighted by Gasteiger charge is -2.46. The van der Waals surface area contributed by atoms with E-state index in [-0.39, 0.29) is 17.4 Å². The standard InChI is InChI=1S/C14H19N3O2S/c1-11(18)16-5-4-14(9-16)10-17(12-3-6-20-8-12)13(19)7-15(14)2/h3,6,8H,4-5,7,9-10H2,1-2H3. The fraction of sp³-hybridized carbons (Fsp3) is 0.571. The number of likely N-dealkylation sites (N-methyl/N-ethyl adjacent to an activating group) is 1. The number of hydrogen-bond donors (Lipinski definition) is 0. The third-order valence-electron chi connectivity index (χ3n) is 4.53. The zero-order valence-corrected chi connectivity index (χ0v) is 12.7. The van der Waals surface area contributed by atoms with Gasteiger partial charge in [0.25, 0.3) is 0 Å². The highest BCUT2D eigenvalue weighted by atomic mass is 32.1. The van der Waals surface area contributed by atoms with Gasteiger partial charge in [-0.2, -0.15) is 11.3 Å². The van der Waals surface area contributed by atoms with Gasteiger partial charge >= 0.3 is 0 Å². The van der Waals surface area contributed by atoms with Crippen LogP contribution in [-0.4, -0.2) is 60.4 Å². The average Bonchev–Trinajstić information content (AvgIpc) is 3.05. The molecule has 2 aliphatic heterocycles. The Labute approximate surface area is 122 Å². The Morgan fingerprint density at radius 2 is 2.20 bits per heavy atom. The quantitative estimate of drug-likeness (QED) is 0.776. The molecule has 1 atom stereocenters. The van der Waals surface area contributed by atoms with Crippen LogP contribution in [-0.2, 0) is 9.59 Å². The maximum atomic E-state index is 12.3. The first kappa shape index (κ1) is 13.6. The first-order valence-electron chi connectivity index (χ1n) is 6.81. The van der Waals surface area contributed by atoms with Crippen molar-refractivity contribution in [2.75, 3.05) is 38.1 Å². The number of piperazine rings is 1. The summed E-state index contributed by atoms with van der Waals surface area (Å²) in [5.41, 5.74) is 0.885. The van der Waals surface area contributed by atoms with Crippen molar-refractivity contribution in [1.82, 2.24) is 9.80 Å². The molecule has 2 fully saturated rings. The maximum Gasteiger partial charge on any atom is 0.241 e. The Morgan fingerprint density at radius 1 is 1.40 bits per heavy atom. The van der Waals surface area contributed by atoms with Crippen LogP contribution in [0, 0.1) is 0 Å². The third-order valence-corrected chi connectivity index (χ3v) is 5.20. The lowest BCUT2D eigenvalue weighted by Crippen LogP contribution is -2.64. The number of thiophene rings is 1. The molecule has 0 aliphatic carbocycles. The molecule has 0 N–H and O–H groups in total. The zero-order chi connectivity index (χ0) is 14.3. The van der Waals surface area contributed by atoms with Gasteiger partial charge in [0.1, 0.15) is 0 Å². The molecule has 6 heteroatoms. The maximum absolute atomic E-state index is 12.3. The lowest BCUT2D eigenvalue weighted by atomic mass is 9.93. The number of rotatable bonds is 1. The highest BCUT2D eigenvalue weighted by Gasteiger charge is 2.48. The van der Waals surface area contributed by atoms with Crippen LogP contribution in [0.2, 0.25) is 0 Å². The van der Waals surface area contributed by atoms with Crippen molar-refractivity contribution in [3.05, 3.63) is 16.8 Å². The third kappa shape index (κ3) is 2.13. The number of likely N-dealkylation sites (tertiary alicyclic amines) is 1. The Morgan fingerprint density at radius 3 is 2.80 bits per heavy atom. The molecule has 20 heavy (non-hydrogen) atoms. The van der Waals surface area contributed by atoms with Gasteiger partial charge in [0, 0.05) is 31.9 Å². The minimum Gasteiger partial charge on any atom is -0.341 e. The van der Waals surface area contributed by atoms with E-state index in [2.05, 4.69) is 4.90 Å². The van der Waals surface area contributed by atoms with Crippen molar-refractivity contribution in [3.8, 4) is 0 Å². The minimum absolute atomic E-state index is 0.0957. The number of hydrogen-bond acceptors (Lipinski definition) is 4. The van der Waals surface area contributed by atoms with E-state index < -0.39 is 0 Å². The molecule has 1 aromatic heterocycles. The van der Waals surface area contributed by atoms with Gasteiger partial charge in [-0.15, -0.1) is 0 Å². The number of carbonyl (C=O) groups is 2. The predicted octanol–water partition coefficient (Wildman–Crippen LogP) is 1.02. The smallest absolute Gasteiger partial charge is 0.241 e. The van der Waals surface area contributed by atoms with Gasteiger partial charge in [-0.25, -0.2) is 0 Å². The molecule has 2 amide bonds. The van der Waals surface area contributed by atoms with Crippen molar-refractivity contribution in [2.45, 2.75) is 18.9 Å². The van der Waals surface area contributed by atoms with Gasteiger partial charge in [0.05, 0.1) is 17.8 Å². The van der Waals surface area contributed by atoms with Crippen LogP contribution >= 0.6 is 11.3 Å². The topological polar surface area (TPSA) is 43.9 Å². The molecule has 0 saturated carbocycles. The van der Waals surface area contributed by atoms with Gasteiger partial charge in [-0.3, -0.25) is 14.5 Å². The fourth-order valence-corrected chi connectivity index (χ4v) is 3.81. The molecule has 0 radical (unpaired) electrons. The second-order valence-corrected chi connectivity index (χ2v) is 6.51. The van der Waals surface area contributed by atoms with Crippen molar-refractivity contribution in [1.29, 1.82) is 0 Å². The van der Waals surface area contributed by atoms with Gasteiger partial charge in [-0.05, 0) is 24.9 Å². The van der Waals surface area contributed by atoms with Gasteiger partial charge in [-0.1, -0.05) is 0 Å². The normalized spacial score (nSPS) is 27.6. The number of amides is 2. The summed E-state index contributed by atoms with van der Waals surface area (Å²) in [6.45, 7) is 4.20. The summed E-state index contributed by atoms with van der Waals surface area (Å²) >= 11 is 1.60. The van der Waals surface area contributed by atoms with Gasteiger partial charge in [0.2, 0.25) is 11.8 Å². The largest absolute Gasteiger partial charge is 0.341 e. The lowest BCUT2D eigenvalue weighted by molar-refractivity contribution is -0.128. The summed E-state index contributed by atoms with van der Waals surface area (Å²) in [6, 6.07) is 1.99. The zero-order valence-electron chi connectivity index (χ0n) is 11.8. The van der Waals surface area contributed by atoms with Gasteiger partial charge < -0.3 is 9.80 Å². The van der Waals surface area contributed by atoms with Crippen LogP contribution in [0.5, 0.6) is 0 Å².